The molecule has 0 unspecified atom stereocenters. The number of ether oxygens (including phenoxy) is 4. The van der Waals surface area contributed by atoms with Crippen LogP contribution in [0.2, 0.25) is 0 Å². The van der Waals surface area contributed by atoms with Crippen molar-refractivity contribution in [2.24, 2.45) is 5.41 Å². The van der Waals surface area contributed by atoms with Gasteiger partial charge in [-0.25, -0.2) is 0 Å². The molecule has 116 valence electrons. The van der Waals surface area contributed by atoms with E-state index in [1.165, 1.54) is 30.4 Å². The van der Waals surface area contributed by atoms with E-state index >= 15 is 0 Å². The van der Waals surface area contributed by atoms with E-state index in [-0.39, 0.29) is 35.6 Å². The minimum atomic E-state index is -0.127. The van der Waals surface area contributed by atoms with E-state index in [1.54, 1.807) is 7.11 Å². The molecule has 7 rings (SSSR count). The van der Waals surface area contributed by atoms with Gasteiger partial charge in [0, 0.05) is 11.8 Å². The molecule has 3 saturated heterocycles. The standard InChI is InChI=1S/C18H20O4/c1-19-10-4-5-11-12(8-10)15-17-6-2-3-7-18(17)14(11)16(21-15)20-13(9-17)22-18/h4-5,8,13-16H,2-3,6-7,9H2,1H3/t13-,14+,15+,16-,17+,18-/m1/s1. The van der Waals surface area contributed by atoms with E-state index in [4.69, 9.17) is 18.9 Å². The first-order valence-corrected chi connectivity index (χ1v) is 8.44. The number of methoxy groups -OCH3 is 1. The van der Waals surface area contributed by atoms with Crippen LogP contribution in [-0.4, -0.2) is 25.3 Å². The van der Waals surface area contributed by atoms with Crippen LogP contribution in [0, 0.1) is 5.41 Å². The zero-order valence-corrected chi connectivity index (χ0v) is 12.7. The van der Waals surface area contributed by atoms with Gasteiger partial charge in [0.25, 0.3) is 0 Å². The Morgan fingerprint density at radius 3 is 2.95 bits per heavy atom. The highest BCUT2D eigenvalue weighted by Crippen LogP contribution is 2.76. The number of hydrogen-bond donors (Lipinski definition) is 0. The van der Waals surface area contributed by atoms with Crippen molar-refractivity contribution in [3.63, 3.8) is 0 Å². The average Bonchev–Trinajstić information content (AvgIpc) is 2.78. The summed E-state index contributed by atoms with van der Waals surface area (Å²) in [6.45, 7) is 0. The Labute approximate surface area is 129 Å². The number of benzene rings is 1. The third kappa shape index (κ3) is 1.11. The van der Waals surface area contributed by atoms with Crippen LogP contribution < -0.4 is 4.74 Å². The Bertz CT molecular complexity index is 673. The van der Waals surface area contributed by atoms with Gasteiger partial charge in [-0.3, -0.25) is 0 Å². The fourth-order valence-electron chi connectivity index (χ4n) is 6.17. The van der Waals surface area contributed by atoms with Crippen LogP contribution in [0.3, 0.4) is 0 Å². The molecule has 4 fully saturated rings. The third-order valence-corrected chi connectivity index (χ3v) is 6.88. The van der Waals surface area contributed by atoms with E-state index < -0.39 is 0 Å². The highest BCUT2D eigenvalue weighted by Gasteiger charge is 2.77. The molecule has 4 heteroatoms. The van der Waals surface area contributed by atoms with E-state index in [9.17, 15) is 0 Å². The van der Waals surface area contributed by atoms with Crippen molar-refractivity contribution in [2.75, 3.05) is 7.11 Å². The maximum atomic E-state index is 6.53. The van der Waals surface area contributed by atoms with Gasteiger partial charge < -0.3 is 18.9 Å². The quantitative estimate of drug-likeness (QED) is 0.797. The molecule has 22 heavy (non-hydrogen) atoms. The van der Waals surface area contributed by atoms with Crippen LogP contribution in [0.1, 0.15) is 55.3 Å². The molecule has 2 aliphatic carbocycles. The van der Waals surface area contributed by atoms with Crippen LogP contribution in [0.15, 0.2) is 18.2 Å². The summed E-state index contributed by atoms with van der Waals surface area (Å²) in [7, 11) is 1.73. The molecule has 0 N–H and O–H groups in total. The molecule has 0 amide bonds. The smallest absolute Gasteiger partial charge is 0.171 e. The lowest BCUT2D eigenvalue weighted by molar-refractivity contribution is -0.386. The Morgan fingerprint density at radius 1 is 1.14 bits per heavy atom. The molecule has 5 bridgehead atoms. The molecule has 6 aliphatic rings. The van der Waals surface area contributed by atoms with Gasteiger partial charge in [-0.05, 0) is 36.1 Å². The van der Waals surface area contributed by atoms with Gasteiger partial charge in [-0.2, -0.15) is 0 Å². The largest absolute Gasteiger partial charge is 0.497 e. The fourth-order valence-corrected chi connectivity index (χ4v) is 6.17. The van der Waals surface area contributed by atoms with Crippen molar-refractivity contribution < 1.29 is 18.9 Å². The first-order valence-electron chi connectivity index (χ1n) is 8.44. The molecule has 4 heterocycles. The minimum Gasteiger partial charge on any atom is -0.497 e. The zero-order valence-electron chi connectivity index (χ0n) is 12.7. The van der Waals surface area contributed by atoms with Crippen LogP contribution in [0.5, 0.6) is 5.75 Å². The van der Waals surface area contributed by atoms with Gasteiger partial charge >= 0.3 is 0 Å². The molecule has 4 nitrogen and oxygen atoms in total. The number of fused-ring (bicyclic) bond motifs is 1. The lowest BCUT2D eigenvalue weighted by Crippen LogP contribution is -2.66. The summed E-state index contributed by atoms with van der Waals surface area (Å²) in [5.41, 5.74) is 2.73. The summed E-state index contributed by atoms with van der Waals surface area (Å²) < 4.78 is 24.5. The van der Waals surface area contributed by atoms with Gasteiger partial charge in [-0.1, -0.05) is 18.9 Å². The number of hydrogen-bond acceptors (Lipinski definition) is 4. The predicted octanol–water partition coefficient (Wildman–Crippen LogP) is 3.27. The molecule has 1 aromatic rings. The average molecular weight is 300 g/mol. The van der Waals surface area contributed by atoms with Gasteiger partial charge in [0.15, 0.2) is 12.6 Å². The molecule has 0 radical (unpaired) electrons. The Kier molecular flexibility index (Phi) is 2.07. The third-order valence-electron chi connectivity index (χ3n) is 6.88. The van der Waals surface area contributed by atoms with Crippen LogP contribution >= 0.6 is 0 Å². The van der Waals surface area contributed by atoms with E-state index in [0.29, 0.717) is 0 Å². The van der Waals surface area contributed by atoms with E-state index in [1.807, 2.05) is 0 Å². The second-order valence-electron chi connectivity index (χ2n) is 7.50. The number of rotatable bonds is 1. The van der Waals surface area contributed by atoms with Gasteiger partial charge in [0.05, 0.1) is 24.7 Å². The van der Waals surface area contributed by atoms with E-state index in [0.717, 1.165) is 18.6 Å². The summed E-state index contributed by atoms with van der Waals surface area (Å²) in [6.07, 6.45) is 5.77. The van der Waals surface area contributed by atoms with Crippen molar-refractivity contribution in [2.45, 2.75) is 62.3 Å². The second-order valence-corrected chi connectivity index (χ2v) is 7.50. The van der Waals surface area contributed by atoms with Crippen LogP contribution in [-0.2, 0) is 14.2 Å². The topological polar surface area (TPSA) is 36.9 Å². The molecule has 4 aliphatic heterocycles. The molecular formula is C18H20O4. The van der Waals surface area contributed by atoms with Crippen molar-refractivity contribution in [1.82, 2.24) is 0 Å². The summed E-state index contributed by atoms with van der Waals surface area (Å²) >= 11 is 0. The zero-order chi connectivity index (χ0) is 14.5. The normalized spacial score (nSPS) is 49.9. The monoisotopic (exact) mass is 300 g/mol. The van der Waals surface area contributed by atoms with Crippen molar-refractivity contribution >= 4 is 0 Å². The van der Waals surface area contributed by atoms with Crippen molar-refractivity contribution in [3.05, 3.63) is 29.3 Å². The lowest BCUT2D eigenvalue weighted by atomic mass is 9.49. The second kappa shape index (κ2) is 3.69. The molecule has 1 spiro atoms. The maximum absolute atomic E-state index is 6.53. The highest BCUT2D eigenvalue weighted by atomic mass is 16.8. The lowest BCUT2D eigenvalue weighted by Gasteiger charge is -2.64. The predicted molar refractivity (Wildman–Crippen MR) is 77.6 cm³/mol. The van der Waals surface area contributed by atoms with Gasteiger partial charge in [0.1, 0.15) is 5.75 Å². The first-order chi connectivity index (χ1) is 10.8. The SMILES string of the molecule is COc1ccc2c(c1)[C@@H]1O[C@H]3O[C@H]4C[C@@]15CCCC[C@@]5(O4)[C@@H]23. The molecular weight excluding hydrogens is 280 g/mol. The van der Waals surface area contributed by atoms with Gasteiger partial charge in [0.2, 0.25) is 0 Å². The van der Waals surface area contributed by atoms with E-state index in [2.05, 4.69) is 18.2 Å². The molecule has 0 aromatic heterocycles. The van der Waals surface area contributed by atoms with Crippen molar-refractivity contribution in [3.8, 4) is 5.75 Å². The fraction of sp³-hybridized carbons (Fsp3) is 0.667. The Hall–Kier alpha value is -1.10. The van der Waals surface area contributed by atoms with Crippen molar-refractivity contribution in [1.29, 1.82) is 0 Å². The van der Waals surface area contributed by atoms with Gasteiger partial charge in [-0.15, -0.1) is 0 Å². The maximum Gasteiger partial charge on any atom is 0.171 e. The summed E-state index contributed by atoms with van der Waals surface area (Å²) in [5.74, 6) is 1.14. The molecule has 1 saturated carbocycles. The van der Waals surface area contributed by atoms with Crippen LogP contribution in [0.4, 0.5) is 0 Å². The Morgan fingerprint density at radius 2 is 2.05 bits per heavy atom. The molecule has 1 aromatic carbocycles. The first kappa shape index (κ1) is 12.3. The van der Waals surface area contributed by atoms with Crippen LogP contribution in [0.25, 0.3) is 0 Å². The highest BCUT2D eigenvalue weighted by molar-refractivity contribution is 5.49. The summed E-state index contributed by atoms with van der Waals surface area (Å²) in [4.78, 5) is 0. The summed E-state index contributed by atoms with van der Waals surface area (Å²) in [5, 5.41) is 0. The summed E-state index contributed by atoms with van der Waals surface area (Å²) in [6, 6.07) is 6.45. The minimum absolute atomic E-state index is 0.0522. The molecule has 6 atom stereocenters. The Balaban J connectivity index is 1.65.